The number of ether oxygens (including phenoxy) is 1. The molecule has 0 radical (unpaired) electrons. The largest absolute Gasteiger partial charge is 0.457 e. The molecule has 2 aromatic rings. The van der Waals surface area contributed by atoms with Crippen molar-refractivity contribution in [1.29, 1.82) is 0 Å². The third-order valence-electron chi connectivity index (χ3n) is 4.91. The van der Waals surface area contributed by atoms with Crippen molar-refractivity contribution in [2.45, 2.75) is 33.2 Å². The number of hydrogen-bond donors (Lipinski definition) is 0. The van der Waals surface area contributed by atoms with Crippen LogP contribution < -0.4 is 0 Å². The lowest BCUT2D eigenvalue weighted by atomic mass is 10.1. The van der Waals surface area contributed by atoms with Crippen LogP contribution >= 0.6 is 11.3 Å². The van der Waals surface area contributed by atoms with Crippen molar-refractivity contribution < 1.29 is 22.7 Å². The Bertz CT molecular complexity index is 941. The fourth-order valence-corrected chi connectivity index (χ4v) is 5.99. The summed E-state index contributed by atoms with van der Waals surface area (Å²) in [5.41, 5.74) is 2.39. The van der Waals surface area contributed by atoms with Crippen molar-refractivity contribution in [2.75, 3.05) is 18.1 Å². The zero-order valence-electron chi connectivity index (χ0n) is 15.4. The van der Waals surface area contributed by atoms with Gasteiger partial charge < -0.3 is 9.30 Å². The monoisotopic (exact) mass is 409 g/mol. The Morgan fingerprint density at radius 3 is 2.74 bits per heavy atom. The molecule has 27 heavy (non-hydrogen) atoms. The molecule has 3 heterocycles. The maximum Gasteiger partial charge on any atom is 0.306 e. The molecule has 1 saturated heterocycles. The predicted molar refractivity (Wildman–Crippen MR) is 104 cm³/mol. The van der Waals surface area contributed by atoms with Gasteiger partial charge in [-0.05, 0) is 43.7 Å². The van der Waals surface area contributed by atoms with E-state index >= 15 is 0 Å². The smallest absolute Gasteiger partial charge is 0.306 e. The molecule has 0 unspecified atom stereocenters. The highest BCUT2D eigenvalue weighted by molar-refractivity contribution is 7.91. The van der Waals surface area contributed by atoms with Gasteiger partial charge >= 0.3 is 5.97 Å². The molecule has 0 bridgehead atoms. The van der Waals surface area contributed by atoms with Crippen LogP contribution in [0, 0.1) is 19.8 Å². The van der Waals surface area contributed by atoms with Crippen LogP contribution in [-0.2, 0) is 25.9 Å². The standard InChI is InChI=1S/C19H23NO5S2/c1-13-8-17(14(2)20(13)10-16-4-3-6-26-16)18(21)11-25-19(22)9-15-5-7-27(23,24)12-15/h3-4,6,8,15H,5,7,9-12H2,1-2H3/t15-/m1/s1. The van der Waals surface area contributed by atoms with Crippen molar-refractivity contribution >= 4 is 32.9 Å². The van der Waals surface area contributed by atoms with Gasteiger partial charge in [-0.3, -0.25) is 9.59 Å². The molecule has 1 aliphatic heterocycles. The number of Topliss-reactive ketones (excluding diaryl/α,β-unsaturated/α-hetero) is 1. The minimum Gasteiger partial charge on any atom is -0.457 e. The first-order valence-electron chi connectivity index (χ1n) is 8.83. The van der Waals surface area contributed by atoms with Crippen LogP contribution in [-0.4, -0.2) is 42.9 Å². The first kappa shape index (κ1) is 19.8. The van der Waals surface area contributed by atoms with Gasteiger partial charge in [-0.15, -0.1) is 11.3 Å². The number of rotatable bonds is 7. The number of nitrogens with zero attached hydrogens (tertiary/aromatic N) is 1. The molecule has 1 aliphatic rings. The summed E-state index contributed by atoms with van der Waals surface area (Å²) in [7, 11) is -3.02. The molecule has 0 N–H and O–H groups in total. The first-order chi connectivity index (χ1) is 12.7. The third-order valence-corrected chi connectivity index (χ3v) is 7.61. The van der Waals surface area contributed by atoms with Crippen LogP contribution in [0.25, 0.3) is 0 Å². The molecule has 0 spiro atoms. The van der Waals surface area contributed by atoms with Gasteiger partial charge in [-0.2, -0.15) is 0 Å². The van der Waals surface area contributed by atoms with Gasteiger partial charge in [0, 0.05) is 28.2 Å². The molecule has 0 saturated carbocycles. The lowest BCUT2D eigenvalue weighted by molar-refractivity contribution is -0.143. The lowest BCUT2D eigenvalue weighted by Gasteiger charge is -2.09. The topological polar surface area (TPSA) is 82.4 Å². The van der Waals surface area contributed by atoms with Gasteiger partial charge in [0.15, 0.2) is 16.4 Å². The van der Waals surface area contributed by atoms with E-state index in [0.717, 1.165) is 11.4 Å². The van der Waals surface area contributed by atoms with Gasteiger partial charge in [0.05, 0.1) is 18.1 Å². The van der Waals surface area contributed by atoms with E-state index in [2.05, 4.69) is 10.6 Å². The highest BCUT2D eigenvalue weighted by atomic mass is 32.2. The second-order valence-electron chi connectivity index (χ2n) is 7.01. The zero-order chi connectivity index (χ0) is 19.6. The second kappa shape index (κ2) is 7.98. The van der Waals surface area contributed by atoms with E-state index in [0.29, 0.717) is 18.5 Å². The summed E-state index contributed by atoms with van der Waals surface area (Å²) >= 11 is 1.66. The Balaban J connectivity index is 1.57. The Hall–Kier alpha value is -1.93. The third kappa shape index (κ3) is 4.87. The molecule has 0 aliphatic carbocycles. The SMILES string of the molecule is Cc1cc(C(=O)COC(=O)C[C@H]2CCS(=O)(=O)C2)c(C)n1Cc1cccs1. The fourth-order valence-electron chi connectivity index (χ4n) is 3.44. The van der Waals surface area contributed by atoms with E-state index in [1.165, 1.54) is 4.88 Å². The summed E-state index contributed by atoms with van der Waals surface area (Å²) in [6, 6.07) is 5.87. The molecule has 0 amide bonds. The number of carbonyl (C=O) groups is 2. The maximum atomic E-state index is 12.5. The van der Waals surface area contributed by atoms with Gasteiger partial charge in [-0.25, -0.2) is 8.42 Å². The lowest BCUT2D eigenvalue weighted by Crippen LogP contribution is -2.18. The molecule has 1 fully saturated rings. The van der Waals surface area contributed by atoms with Crippen LogP contribution in [0.3, 0.4) is 0 Å². The van der Waals surface area contributed by atoms with E-state index in [9.17, 15) is 18.0 Å². The molecule has 0 aromatic carbocycles. The average molecular weight is 410 g/mol. The van der Waals surface area contributed by atoms with Crippen molar-refractivity contribution in [2.24, 2.45) is 5.92 Å². The van der Waals surface area contributed by atoms with Crippen LogP contribution in [0.2, 0.25) is 0 Å². The highest BCUT2D eigenvalue weighted by Gasteiger charge is 2.30. The van der Waals surface area contributed by atoms with E-state index in [1.54, 1.807) is 11.3 Å². The van der Waals surface area contributed by atoms with Crippen molar-refractivity contribution in [3.8, 4) is 0 Å². The van der Waals surface area contributed by atoms with Gasteiger partial charge in [0.25, 0.3) is 0 Å². The van der Waals surface area contributed by atoms with Gasteiger partial charge in [-0.1, -0.05) is 6.07 Å². The number of carbonyl (C=O) groups excluding carboxylic acids is 2. The molecule has 8 heteroatoms. The van der Waals surface area contributed by atoms with Crippen molar-refractivity contribution in [3.05, 3.63) is 45.4 Å². The summed E-state index contributed by atoms with van der Waals surface area (Å²) in [6.45, 7) is 4.23. The van der Waals surface area contributed by atoms with Crippen LogP contribution in [0.5, 0.6) is 0 Å². The number of hydrogen-bond acceptors (Lipinski definition) is 6. The summed E-state index contributed by atoms with van der Waals surface area (Å²) < 4.78 is 30.1. The number of aromatic nitrogens is 1. The maximum absolute atomic E-state index is 12.5. The molecular weight excluding hydrogens is 386 g/mol. The Morgan fingerprint density at radius 1 is 1.33 bits per heavy atom. The molecule has 146 valence electrons. The first-order valence-corrected chi connectivity index (χ1v) is 11.5. The molecule has 1 atom stereocenters. The van der Waals surface area contributed by atoms with Crippen LogP contribution in [0.1, 0.15) is 39.5 Å². The molecular formula is C19H23NO5S2. The average Bonchev–Trinajstić information content (AvgIpc) is 3.29. The fraction of sp³-hybridized carbons (Fsp3) is 0.474. The van der Waals surface area contributed by atoms with Crippen molar-refractivity contribution in [1.82, 2.24) is 4.57 Å². The van der Waals surface area contributed by atoms with Gasteiger partial charge in [0.1, 0.15) is 0 Å². The van der Waals surface area contributed by atoms with E-state index < -0.39 is 15.8 Å². The van der Waals surface area contributed by atoms with Crippen LogP contribution in [0.4, 0.5) is 0 Å². The minimum atomic E-state index is -3.02. The Kier molecular flexibility index (Phi) is 5.86. The number of ketones is 1. The predicted octanol–water partition coefficient (Wildman–Crippen LogP) is 2.77. The molecule has 2 aromatic heterocycles. The zero-order valence-corrected chi connectivity index (χ0v) is 17.1. The number of aryl methyl sites for hydroxylation is 1. The summed E-state index contributed by atoms with van der Waals surface area (Å²) in [5, 5.41) is 2.02. The Morgan fingerprint density at radius 2 is 2.11 bits per heavy atom. The number of thiophene rings is 1. The summed E-state index contributed by atoms with van der Waals surface area (Å²) in [4.78, 5) is 25.6. The quantitative estimate of drug-likeness (QED) is 0.519. The molecule has 3 rings (SSSR count). The van der Waals surface area contributed by atoms with E-state index in [-0.39, 0.29) is 36.2 Å². The summed E-state index contributed by atoms with van der Waals surface area (Å²) in [6.07, 6.45) is 0.527. The number of sulfone groups is 1. The normalized spacial score (nSPS) is 18.5. The van der Waals surface area contributed by atoms with Gasteiger partial charge in [0.2, 0.25) is 5.78 Å². The van der Waals surface area contributed by atoms with Crippen molar-refractivity contribution in [3.63, 3.8) is 0 Å². The molecule has 6 nitrogen and oxygen atoms in total. The second-order valence-corrected chi connectivity index (χ2v) is 10.3. The minimum absolute atomic E-state index is 0.0277. The Labute approximate surface area is 163 Å². The van der Waals surface area contributed by atoms with E-state index in [1.807, 2.05) is 31.4 Å². The van der Waals surface area contributed by atoms with E-state index in [4.69, 9.17) is 4.74 Å². The number of esters is 1. The van der Waals surface area contributed by atoms with Crippen LogP contribution in [0.15, 0.2) is 23.6 Å². The highest BCUT2D eigenvalue weighted by Crippen LogP contribution is 2.22. The summed E-state index contributed by atoms with van der Waals surface area (Å²) in [5.74, 6) is -0.806.